The van der Waals surface area contributed by atoms with Crippen LogP contribution in [0.15, 0.2) is 12.4 Å². The molecule has 2 heterocycles. The second kappa shape index (κ2) is 5.62. The number of hydrogen-bond acceptors (Lipinski definition) is 6. The maximum atomic E-state index is 5.50. The average molecular weight is 223 g/mol. The molecular formula is C10H17N5O. The number of nitrogen functional groups attached to an aromatic ring is 1. The third-order valence-corrected chi connectivity index (χ3v) is 2.62. The van der Waals surface area contributed by atoms with Gasteiger partial charge in [0.2, 0.25) is 5.88 Å². The Morgan fingerprint density at radius 3 is 2.94 bits per heavy atom. The van der Waals surface area contributed by atoms with E-state index in [0.717, 1.165) is 6.54 Å². The SMILES string of the molecule is NNc1cncc(OCCN2CCCC2)n1. The van der Waals surface area contributed by atoms with Gasteiger partial charge in [0.15, 0.2) is 5.82 Å². The van der Waals surface area contributed by atoms with Crippen molar-refractivity contribution >= 4 is 5.82 Å². The lowest BCUT2D eigenvalue weighted by Gasteiger charge is -2.14. The highest BCUT2D eigenvalue weighted by molar-refractivity contribution is 5.31. The first kappa shape index (κ1) is 11.1. The van der Waals surface area contributed by atoms with Crippen molar-refractivity contribution in [2.75, 3.05) is 31.7 Å². The van der Waals surface area contributed by atoms with Crippen LogP contribution in [0.2, 0.25) is 0 Å². The average Bonchev–Trinajstić information content (AvgIpc) is 2.82. The maximum Gasteiger partial charge on any atom is 0.234 e. The molecule has 3 N–H and O–H groups in total. The van der Waals surface area contributed by atoms with Crippen molar-refractivity contribution in [1.29, 1.82) is 0 Å². The predicted octanol–water partition coefficient (Wildman–Crippen LogP) is 0.237. The zero-order valence-electron chi connectivity index (χ0n) is 9.22. The summed E-state index contributed by atoms with van der Waals surface area (Å²) in [5, 5.41) is 0. The predicted molar refractivity (Wildman–Crippen MR) is 61.0 cm³/mol. The van der Waals surface area contributed by atoms with Crippen molar-refractivity contribution in [2.45, 2.75) is 12.8 Å². The van der Waals surface area contributed by atoms with Gasteiger partial charge >= 0.3 is 0 Å². The molecule has 0 aromatic carbocycles. The number of anilines is 1. The van der Waals surface area contributed by atoms with E-state index in [1.54, 1.807) is 12.4 Å². The van der Waals surface area contributed by atoms with Crippen LogP contribution in [0, 0.1) is 0 Å². The van der Waals surface area contributed by atoms with Gasteiger partial charge in [-0.1, -0.05) is 0 Å². The molecule has 0 unspecified atom stereocenters. The fourth-order valence-corrected chi connectivity index (χ4v) is 1.77. The minimum absolute atomic E-state index is 0.509. The number of nitrogens with two attached hydrogens (primary N) is 1. The van der Waals surface area contributed by atoms with Gasteiger partial charge in [0.25, 0.3) is 0 Å². The van der Waals surface area contributed by atoms with E-state index in [1.807, 2.05) is 0 Å². The summed E-state index contributed by atoms with van der Waals surface area (Å²) < 4.78 is 5.50. The largest absolute Gasteiger partial charge is 0.475 e. The second-order valence-electron chi connectivity index (χ2n) is 3.78. The molecule has 0 radical (unpaired) electrons. The van der Waals surface area contributed by atoms with Gasteiger partial charge in [-0.15, -0.1) is 0 Å². The number of likely N-dealkylation sites (tertiary alicyclic amines) is 1. The zero-order chi connectivity index (χ0) is 11.2. The maximum absolute atomic E-state index is 5.50. The quantitative estimate of drug-likeness (QED) is 0.550. The van der Waals surface area contributed by atoms with Crippen molar-refractivity contribution in [1.82, 2.24) is 14.9 Å². The Morgan fingerprint density at radius 1 is 1.38 bits per heavy atom. The normalized spacial score (nSPS) is 16.3. The summed E-state index contributed by atoms with van der Waals surface area (Å²) in [6.07, 6.45) is 5.73. The molecule has 88 valence electrons. The summed E-state index contributed by atoms with van der Waals surface area (Å²) in [7, 11) is 0. The first-order chi connectivity index (χ1) is 7.88. The highest BCUT2D eigenvalue weighted by Gasteiger charge is 2.10. The minimum atomic E-state index is 0.509. The molecule has 1 saturated heterocycles. The van der Waals surface area contributed by atoms with E-state index in [0.29, 0.717) is 18.3 Å². The smallest absolute Gasteiger partial charge is 0.234 e. The Hall–Kier alpha value is -1.40. The topological polar surface area (TPSA) is 76.3 Å². The fourth-order valence-electron chi connectivity index (χ4n) is 1.77. The van der Waals surface area contributed by atoms with Crippen molar-refractivity contribution in [3.8, 4) is 5.88 Å². The molecular weight excluding hydrogens is 206 g/mol. The standard InChI is InChI=1S/C10H17N5O/c11-14-9-7-12-8-10(13-9)16-6-5-15-3-1-2-4-15/h7-8H,1-6,11H2,(H,13,14). The van der Waals surface area contributed by atoms with E-state index in [1.165, 1.54) is 25.9 Å². The molecule has 1 aliphatic heterocycles. The lowest BCUT2D eigenvalue weighted by Crippen LogP contribution is -2.25. The number of hydrazine groups is 1. The van der Waals surface area contributed by atoms with E-state index < -0.39 is 0 Å². The van der Waals surface area contributed by atoms with Gasteiger partial charge in [-0.05, 0) is 25.9 Å². The minimum Gasteiger partial charge on any atom is -0.475 e. The van der Waals surface area contributed by atoms with E-state index in [4.69, 9.17) is 10.6 Å². The van der Waals surface area contributed by atoms with Gasteiger partial charge in [0.05, 0.1) is 12.4 Å². The van der Waals surface area contributed by atoms with Gasteiger partial charge in [-0.3, -0.25) is 9.88 Å². The van der Waals surface area contributed by atoms with E-state index in [2.05, 4.69) is 20.3 Å². The molecule has 1 aromatic rings. The fraction of sp³-hybridized carbons (Fsp3) is 0.600. The van der Waals surface area contributed by atoms with Gasteiger partial charge in [-0.2, -0.15) is 4.98 Å². The van der Waals surface area contributed by atoms with Crippen LogP contribution in [0.4, 0.5) is 5.82 Å². The highest BCUT2D eigenvalue weighted by atomic mass is 16.5. The Kier molecular flexibility index (Phi) is 3.90. The van der Waals surface area contributed by atoms with E-state index >= 15 is 0 Å². The number of aromatic nitrogens is 2. The van der Waals surface area contributed by atoms with Gasteiger partial charge < -0.3 is 10.2 Å². The summed E-state index contributed by atoms with van der Waals surface area (Å²) in [6, 6.07) is 0. The van der Waals surface area contributed by atoms with Crippen LogP contribution >= 0.6 is 0 Å². The van der Waals surface area contributed by atoms with Crippen LogP contribution < -0.4 is 16.0 Å². The zero-order valence-corrected chi connectivity index (χ0v) is 9.22. The molecule has 6 heteroatoms. The first-order valence-corrected chi connectivity index (χ1v) is 5.52. The number of rotatable bonds is 5. The van der Waals surface area contributed by atoms with Crippen molar-refractivity contribution in [3.05, 3.63) is 12.4 Å². The van der Waals surface area contributed by atoms with Crippen LogP contribution in [0.5, 0.6) is 5.88 Å². The number of ether oxygens (including phenoxy) is 1. The van der Waals surface area contributed by atoms with Crippen molar-refractivity contribution in [3.63, 3.8) is 0 Å². The Morgan fingerprint density at radius 2 is 2.19 bits per heavy atom. The second-order valence-corrected chi connectivity index (χ2v) is 3.78. The first-order valence-electron chi connectivity index (χ1n) is 5.52. The van der Waals surface area contributed by atoms with Crippen LogP contribution in [-0.4, -0.2) is 41.1 Å². The number of hydrogen-bond donors (Lipinski definition) is 2. The lowest BCUT2D eigenvalue weighted by molar-refractivity contribution is 0.231. The summed E-state index contributed by atoms with van der Waals surface area (Å²) >= 11 is 0. The van der Waals surface area contributed by atoms with Gasteiger partial charge in [0.1, 0.15) is 6.61 Å². The van der Waals surface area contributed by atoms with Crippen LogP contribution in [0.3, 0.4) is 0 Å². The Balaban J connectivity index is 1.75. The highest BCUT2D eigenvalue weighted by Crippen LogP contribution is 2.09. The van der Waals surface area contributed by atoms with Crippen LogP contribution in [0.25, 0.3) is 0 Å². The summed E-state index contributed by atoms with van der Waals surface area (Å²) in [5.74, 6) is 6.25. The number of nitrogens with zero attached hydrogens (tertiary/aromatic N) is 3. The summed E-state index contributed by atoms with van der Waals surface area (Å²) in [6.45, 7) is 3.95. The summed E-state index contributed by atoms with van der Waals surface area (Å²) in [5.41, 5.74) is 2.43. The molecule has 0 spiro atoms. The molecule has 16 heavy (non-hydrogen) atoms. The molecule has 1 aliphatic rings. The van der Waals surface area contributed by atoms with Crippen molar-refractivity contribution < 1.29 is 4.74 Å². The van der Waals surface area contributed by atoms with Crippen LogP contribution in [0.1, 0.15) is 12.8 Å². The molecule has 0 saturated carbocycles. The molecule has 2 rings (SSSR count). The van der Waals surface area contributed by atoms with Gasteiger partial charge in [-0.25, -0.2) is 5.84 Å². The molecule has 0 amide bonds. The summed E-state index contributed by atoms with van der Waals surface area (Å²) in [4.78, 5) is 10.5. The molecule has 1 aromatic heterocycles. The number of nitrogens with one attached hydrogen (secondary N) is 1. The molecule has 0 aliphatic carbocycles. The van der Waals surface area contributed by atoms with Crippen LogP contribution in [-0.2, 0) is 0 Å². The van der Waals surface area contributed by atoms with E-state index in [-0.39, 0.29) is 0 Å². The Bertz CT molecular complexity index is 327. The van der Waals surface area contributed by atoms with Crippen molar-refractivity contribution in [2.24, 2.45) is 5.84 Å². The monoisotopic (exact) mass is 223 g/mol. The lowest BCUT2D eigenvalue weighted by atomic mass is 10.4. The molecule has 6 nitrogen and oxygen atoms in total. The van der Waals surface area contributed by atoms with Gasteiger partial charge in [0, 0.05) is 6.54 Å². The Labute approximate surface area is 94.8 Å². The third kappa shape index (κ3) is 3.04. The third-order valence-electron chi connectivity index (χ3n) is 2.62. The molecule has 0 atom stereocenters. The van der Waals surface area contributed by atoms with E-state index in [9.17, 15) is 0 Å². The molecule has 1 fully saturated rings. The molecule has 0 bridgehead atoms.